The molecule has 0 aromatic heterocycles. The summed E-state index contributed by atoms with van der Waals surface area (Å²) in [5.74, 6) is -0.167. The first-order valence-corrected chi connectivity index (χ1v) is 5.78. The van der Waals surface area contributed by atoms with E-state index in [4.69, 9.17) is 22.8 Å². The minimum absolute atomic E-state index is 0.167. The van der Waals surface area contributed by atoms with E-state index in [0.717, 1.165) is 12.8 Å². The van der Waals surface area contributed by atoms with Crippen LogP contribution in [-0.2, 0) is 22.8 Å². The monoisotopic (exact) mass is 224 g/mol. The molecule has 5 nitrogen and oxygen atoms in total. The van der Waals surface area contributed by atoms with E-state index in [0.29, 0.717) is 0 Å². The van der Waals surface area contributed by atoms with E-state index in [-0.39, 0.29) is 5.79 Å². The maximum absolute atomic E-state index is 4.98. The lowest BCUT2D eigenvalue weighted by molar-refractivity contribution is -0.127. The molecule has 0 aliphatic heterocycles. The van der Waals surface area contributed by atoms with Crippen LogP contribution < -0.4 is 0 Å². The summed E-state index contributed by atoms with van der Waals surface area (Å²) in [5.41, 5.74) is 0. The topological polar surface area (TPSA) is 46.2 Å². The van der Waals surface area contributed by atoms with Gasteiger partial charge in [-0.05, 0) is 0 Å². The molecule has 0 unspecified atom stereocenters. The van der Waals surface area contributed by atoms with Gasteiger partial charge in [0.2, 0.25) is 0 Å². The minimum Gasteiger partial charge on any atom is -0.379 e. The van der Waals surface area contributed by atoms with E-state index in [9.17, 15) is 0 Å². The summed E-state index contributed by atoms with van der Waals surface area (Å²) in [4.78, 5) is 0. The molecule has 0 heterocycles. The molecule has 0 bridgehead atoms. The number of methoxy groups -OCH3 is 2. The third-order valence-electron chi connectivity index (χ3n) is 1.98. The summed E-state index contributed by atoms with van der Waals surface area (Å²) in [7, 11) is 6.40. The second-order valence-electron chi connectivity index (χ2n) is 2.81. The number of hydrogen-bond acceptors (Lipinski definition) is 5. The van der Waals surface area contributed by atoms with Crippen molar-refractivity contribution in [2.24, 2.45) is 0 Å². The second kappa shape index (κ2) is 7.33. The van der Waals surface area contributed by atoms with Crippen LogP contribution in [0.4, 0.5) is 0 Å². The van der Waals surface area contributed by atoms with Crippen LogP contribution in [0.2, 0.25) is 0 Å². The van der Waals surface area contributed by atoms with Crippen molar-refractivity contribution in [3.8, 4) is 0 Å². The molecule has 0 atom stereocenters. The molecule has 1 aliphatic carbocycles. The van der Waals surface area contributed by atoms with Gasteiger partial charge in [0, 0.05) is 48.4 Å². The first kappa shape index (κ1) is 14.0. The van der Waals surface area contributed by atoms with Crippen LogP contribution in [0.3, 0.4) is 0 Å². The van der Waals surface area contributed by atoms with Crippen LogP contribution in [-0.4, -0.2) is 50.9 Å². The Balaban J connectivity index is 0.000000241. The fraction of sp³-hybridized carbons (Fsp3) is 1.00. The summed E-state index contributed by atoms with van der Waals surface area (Å²) in [5, 5.41) is 0. The van der Waals surface area contributed by atoms with Gasteiger partial charge in [0.1, 0.15) is 0 Å². The zero-order valence-electron chi connectivity index (χ0n) is 9.53. The molecule has 1 aliphatic rings. The molecule has 6 heteroatoms. The van der Waals surface area contributed by atoms with Crippen molar-refractivity contribution in [1.82, 2.24) is 0 Å². The van der Waals surface area contributed by atoms with Gasteiger partial charge in [-0.2, -0.15) is 0 Å². The van der Waals surface area contributed by atoms with Crippen molar-refractivity contribution in [3.05, 3.63) is 0 Å². The first-order valence-electron chi connectivity index (χ1n) is 4.36. The third-order valence-corrected chi connectivity index (χ3v) is 3.13. The molecule has 0 saturated heterocycles. The lowest BCUT2D eigenvalue weighted by Gasteiger charge is -2.08. The summed E-state index contributed by atoms with van der Waals surface area (Å²) in [6.45, 7) is 0. The third kappa shape index (κ3) is 5.04. The van der Waals surface area contributed by atoms with Crippen molar-refractivity contribution in [2.45, 2.75) is 18.6 Å². The lowest BCUT2D eigenvalue weighted by Crippen LogP contribution is -2.21. The van der Waals surface area contributed by atoms with Gasteiger partial charge >= 0.3 is 9.53 Å². The van der Waals surface area contributed by atoms with Crippen LogP contribution in [0.15, 0.2) is 0 Å². The Kier molecular flexibility index (Phi) is 7.34. The zero-order valence-corrected chi connectivity index (χ0v) is 10.7. The number of hydrogen-bond donors (Lipinski definition) is 0. The molecule has 0 aromatic rings. The highest BCUT2D eigenvalue weighted by Gasteiger charge is 2.43. The van der Waals surface area contributed by atoms with Crippen LogP contribution in [0.25, 0.3) is 0 Å². The molecule has 0 spiro atoms. The molecule has 14 heavy (non-hydrogen) atoms. The van der Waals surface area contributed by atoms with Gasteiger partial charge < -0.3 is 22.8 Å². The molecule has 0 N–H and O–H groups in total. The largest absolute Gasteiger partial charge is 0.483 e. The van der Waals surface area contributed by atoms with Crippen molar-refractivity contribution in [3.63, 3.8) is 0 Å². The second-order valence-corrected chi connectivity index (χ2v) is 4.81. The van der Waals surface area contributed by atoms with Crippen molar-refractivity contribution in [2.75, 3.05) is 35.5 Å². The van der Waals surface area contributed by atoms with Crippen LogP contribution >= 0.6 is 0 Å². The van der Waals surface area contributed by atoms with E-state index in [1.807, 2.05) is 0 Å². The van der Waals surface area contributed by atoms with E-state index < -0.39 is 9.53 Å². The standard InChI is InChI=1S/C5H10O2.C3H10O3Si/c1-6-5(7-2)3-4-5;1-4-7(5-2)6-3/h3-4H2,1-2H3;7H,1-3H3. The molecule has 0 radical (unpaired) electrons. The van der Waals surface area contributed by atoms with E-state index in [1.54, 1.807) is 35.5 Å². The maximum Gasteiger partial charge on any atom is 0.483 e. The van der Waals surface area contributed by atoms with Crippen molar-refractivity contribution < 1.29 is 22.8 Å². The fourth-order valence-electron chi connectivity index (χ4n) is 0.882. The van der Waals surface area contributed by atoms with Crippen molar-refractivity contribution in [1.29, 1.82) is 0 Å². The fourth-order valence-corrected chi connectivity index (χ4v) is 1.46. The molecule has 1 rings (SSSR count). The average Bonchev–Trinajstić information content (AvgIpc) is 3.02. The van der Waals surface area contributed by atoms with Crippen LogP contribution in [0.1, 0.15) is 12.8 Å². The Hall–Kier alpha value is 0.0169. The van der Waals surface area contributed by atoms with Crippen molar-refractivity contribution >= 4 is 9.53 Å². The molecular weight excluding hydrogens is 204 g/mol. The zero-order chi connectivity index (χ0) is 11.0. The molecule has 1 saturated carbocycles. The van der Waals surface area contributed by atoms with Gasteiger partial charge in [0.15, 0.2) is 5.79 Å². The Bertz CT molecular complexity index is 124. The molecule has 1 fully saturated rings. The minimum atomic E-state index is -1.67. The van der Waals surface area contributed by atoms with Gasteiger partial charge in [0.05, 0.1) is 0 Å². The van der Waals surface area contributed by atoms with Crippen LogP contribution in [0.5, 0.6) is 0 Å². The quantitative estimate of drug-likeness (QED) is 0.500. The average molecular weight is 224 g/mol. The van der Waals surface area contributed by atoms with Gasteiger partial charge in [0.25, 0.3) is 0 Å². The molecule has 86 valence electrons. The summed E-state index contributed by atoms with van der Waals surface area (Å²) in [6, 6.07) is 0. The predicted octanol–water partition coefficient (Wildman–Crippen LogP) is 0.412. The number of ether oxygens (including phenoxy) is 2. The summed E-state index contributed by atoms with van der Waals surface area (Å²) < 4.78 is 24.2. The van der Waals surface area contributed by atoms with Gasteiger partial charge in [-0.3, -0.25) is 0 Å². The van der Waals surface area contributed by atoms with Gasteiger partial charge in [-0.15, -0.1) is 0 Å². The predicted molar refractivity (Wildman–Crippen MR) is 54.2 cm³/mol. The summed E-state index contributed by atoms with van der Waals surface area (Å²) in [6.07, 6.45) is 2.11. The van der Waals surface area contributed by atoms with E-state index in [1.165, 1.54) is 0 Å². The highest BCUT2D eigenvalue weighted by atomic mass is 28.3. The Morgan fingerprint density at radius 3 is 1.14 bits per heavy atom. The Morgan fingerprint density at radius 1 is 0.786 bits per heavy atom. The molecular formula is C8H20O5Si. The van der Waals surface area contributed by atoms with Crippen LogP contribution in [0, 0.1) is 0 Å². The first-order chi connectivity index (χ1) is 6.67. The van der Waals surface area contributed by atoms with E-state index in [2.05, 4.69) is 0 Å². The Labute approximate surface area is 87.2 Å². The van der Waals surface area contributed by atoms with E-state index >= 15 is 0 Å². The lowest BCUT2D eigenvalue weighted by atomic mass is 10.7. The highest BCUT2D eigenvalue weighted by molar-refractivity contribution is 6.36. The smallest absolute Gasteiger partial charge is 0.379 e. The van der Waals surface area contributed by atoms with Gasteiger partial charge in [-0.25, -0.2) is 0 Å². The van der Waals surface area contributed by atoms with Gasteiger partial charge in [-0.1, -0.05) is 0 Å². The number of rotatable bonds is 5. The maximum atomic E-state index is 4.98. The summed E-state index contributed by atoms with van der Waals surface area (Å²) >= 11 is 0. The molecule has 0 amide bonds. The molecule has 0 aromatic carbocycles. The normalized spacial score (nSPS) is 17.6. The SMILES string of the molecule is COC1(OC)CC1.CO[SiH](OC)OC. The Morgan fingerprint density at radius 2 is 1.14 bits per heavy atom. The highest BCUT2D eigenvalue weighted by Crippen LogP contribution is 2.38.